The molecule has 3 aromatic rings. The number of hydrogen-bond acceptors (Lipinski definition) is 8. The third-order valence-electron chi connectivity index (χ3n) is 5.55. The van der Waals surface area contributed by atoms with Gasteiger partial charge in [0.05, 0.1) is 17.8 Å². The van der Waals surface area contributed by atoms with E-state index in [-0.39, 0.29) is 18.2 Å². The van der Waals surface area contributed by atoms with Crippen LogP contribution in [0.5, 0.6) is 11.6 Å². The molecule has 0 radical (unpaired) electrons. The smallest absolute Gasteiger partial charge is 0.471 e. The van der Waals surface area contributed by atoms with E-state index in [9.17, 15) is 18.4 Å². The van der Waals surface area contributed by atoms with E-state index in [1.165, 1.54) is 17.8 Å². The topological polar surface area (TPSA) is 119 Å². The minimum atomic E-state index is -2.66. The fourth-order valence-corrected chi connectivity index (χ4v) is 3.84. The molecular formula is C25H29F2N5O6. The van der Waals surface area contributed by atoms with Gasteiger partial charge in [-0.25, -0.2) is 18.3 Å². The SMILES string of the molecule is Cn1nc(OCC(F)F)cc1C(=O)Nc1cc([C@H]2C[C@@H](OC(=O)Oc3ccccc3)CO2)nn1C(C)(C)C. The van der Waals surface area contributed by atoms with Crippen molar-refractivity contribution in [3.05, 3.63) is 53.9 Å². The molecule has 204 valence electrons. The van der Waals surface area contributed by atoms with Gasteiger partial charge in [0.15, 0.2) is 6.61 Å². The molecule has 0 unspecified atom stereocenters. The Labute approximate surface area is 217 Å². The standard InChI is InChI=1S/C25H29F2N5O6/c1-25(2,3)32-21(28-23(33)18-12-22(30-31(18)4)36-14-20(26)27)11-17(29-32)19-10-16(13-35-19)38-24(34)37-15-8-6-5-7-9-15/h5-9,11-12,16,19-20H,10,13-14H2,1-4H3,(H,28,33)/t16-,19-/m1/s1. The van der Waals surface area contributed by atoms with Crippen LogP contribution in [0, 0.1) is 0 Å². The minimum absolute atomic E-state index is 0.0841. The zero-order valence-corrected chi connectivity index (χ0v) is 21.4. The number of para-hydroxylation sites is 1. The number of aromatic nitrogens is 4. The molecule has 2 aromatic heterocycles. The van der Waals surface area contributed by atoms with Gasteiger partial charge in [-0.15, -0.1) is 5.10 Å². The van der Waals surface area contributed by atoms with Gasteiger partial charge >= 0.3 is 6.16 Å². The number of halogens is 2. The summed E-state index contributed by atoms with van der Waals surface area (Å²) in [5, 5.41) is 11.4. The van der Waals surface area contributed by atoms with Crippen molar-refractivity contribution < 1.29 is 37.3 Å². The molecule has 1 aromatic carbocycles. The summed E-state index contributed by atoms with van der Waals surface area (Å²) in [5.74, 6) is 0.156. The van der Waals surface area contributed by atoms with Crippen molar-refractivity contribution in [3.63, 3.8) is 0 Å². The predicted octanol–water partition coefficient (Wildman–Crippen LogP) is 4.31. The van der Waals surface area contributed by atoms with Gasteiger partial charge in [-0.3, -0.25) is 9.48 Å². The van der Waals surface area contributed by atoms with E-state index in [2.05, 4.69) is 15.5 Å². The van der Waals surface area contributed by atoms with Crippen LogP contribution in [-0.2, 0) is 22.1 Å². The monoisotopic (exact) mass is 533 g/mol. The van der Waals surface area contributed by atoms with Gasteiger partial charge in [0, 0.05) is 25.6 Å². The van der Waals surface area contributed by atoms with Gasteiger partial charge in [-0.2, -0.15) is 5.10 Å². The van der Waals surface area contributed by atoms with E-state index < -0.39 is 42.8 Å². The second-order valence-electron chi connectivity index (χ2n) is 9.65. The number of benzene rings is 1. The lowest BCUT2D eigenvalue weighted by atomic mass is 10.1. The van der Waals surface area contributed by atoms with E-state index >= 15 is 0 Å². The third kappa shape index (κ3) is 6.65. The van der Waals surface area contributed by atoms with Gasteiger partial charge in [-0.1, -0.05) is 18.2 Å². The number of alkyl halides is 2. The molecule has 1 saturated heterocycles. The van der Waals surface area contributed by atoms with Crippen molar-refractivity contribution in [1.29, 1.82) is 0 Å². The highest BCUT2D eigenvalue weighted by Gasteiger charge is 2.34. The van der Waals surface area contributed by atoms with Crippen molar-refractivity contribution in [3.8, 4) is 11.6 Å². The Morgan fingerprint density at radius 3 is 2.61 bits per heavy atom. The summed E-state index contributed by atoms with van der Waals surface area (Å²) in [5.41, 5.74) is 0.149. The largest absolute Gasteiger partial charge is 0.514 e. The van der Waals surface area contributed by atoms with Crippen molar-refractivity contribution in [1.82, 2.24) is 19.6 Å². The number of amides is 1. The van der Waals surface area contributed by atoms with Crippen LogP contribution in [0.15, 0.2) is 42.5 Å². The lowest BCUT2D eigenvalue weighted by molar-refractivity contribution is 0.0453. The minimum Gasteiger partial charge on any atom is -0.471 e. The Hall–Kier alpha value is -4.00. The average Bonchev–Trinajstić information content (AvgIpc) is 3.56. The average molecular weight is 534 g/mol. The van der Waals surface area contributed by atoms with Gasteiger partial charge in [0.2, 0.25) is 5.88 Å². The molecule has 11 nitrogen and oxygen atoms in total. The zero-order chi connectivity index (χ0) is 27.4. The number of anilines is 1. The van der Waals surface area contributed by atoms with E-state index in [0.717, 1.165) is 0 Å². The van der Waals surface area contributed by atoms with Gasteiger partial charge < -0.3 is 24.3 Å². The van der Waals surface area contributed by atoms with Crippen LogP contribution in [0.3, 0.4) is 0 Å². The van der Waals surface area contributed by atoms with Gasteiger partial charge in [0.1, 0.15) is 29.5 Å². The number of carbonyl (C=O) groups excluding carboxylic acids is 2. The number of ether oxygens (including phenoxy) is 4. The van der Waals surface area contributed by atoms with E-state index in [1.807, 2.05) is 20.8 Å². The highest BCUT2D eigenvalue weighted by Crippen LogP contribution is 2.33. The predicted molar refractivity (Wildman–Crippen MR) is 131 cm³/mol. The van der Waals surface area contributed by atoms with Gasteiger partial charge in [-0.05, 0) is 32.9 Å². The molecule has 2 atom stereocenters. The first-order valence-corrected chi connectivity index (χ1v) is 11.9. The molecule has 0 bridgehead atoms. The number of nitrogens with one attached hydrogen (secondary N) is 1. The molecule has 4 rings (SSSR count). The first-order chi connectivity index (χ1) is 18.0. The van der Waals surface area contributed by atoms with Crippen LogP contribution in [0.2, 0.25) is 0 Å². The molecule has 38 heavy (non-hydrogen) atoms. The second-order valence-corrected chi connectivity index (χ2v) is 9.65. The Balaban J connectivity index is 1.43. The molecule has 1 fully saturated rings. The fourth-order valence-electron chi connectivity index (χ4n) is 3.84. The number of aryl methyl sites for hydroxylation is 1. The van der Waals surface area contributed by atoms with Crippen LogP contribution in [0.25, 0.3) is 0 Å². The van der Waals surface area contributed by atoms with Crippen LogP contribution in [-0.4, -0.2) is 57.4 Å². The number of rotatable bonds is 8. The van der Waals surface area contributed by atoms with E-state index in [0.29, 0.717) is 23.7 Å². The van der Waals surface area contributed by atoms with Crippen molar-refractivity contribution in [2.24, 2.45) is 7.05 Å². The van der Waals surface area contributed by atoms with Crippen molar-refractivity contribution in [2.45, 2.75) is 51.4 Å². The van der Waals surface area contributed by atoms with Gasteiger partial charge in [0.25, 0.3) is 12.3 Å². The summed E-state index contributed by atoms with van der Waals surface area (Å²) in [6.45, 7) is 5.09. The fraction of sp³-hybridized carbons (Fsp3) is 0.440. The van der Waals surface area contributed by atoms with Crippen LogP contribution < -0.4 is 14.8 Å². The Morgan fingerprint density at radius 1 is 1.18 bits per heavy atom. The lowest BCUT2D eigenvalue weighted by Crippen LogP contribution is -2.27. The normalized spacial score (nSPS) is 17.4. The Bertz CT molecular complexity index is 1270. The maximum atomic E-state index is 13.0. The maximum absolute atomic E-state index is 13.0. The molecule has 1 aliphatic rings. The molecule has 1 N–H and O–H groups in total. The maximum Gasteiger partial charge on any atom is 0.514 e. The molecule has 1 aliphatic heterocycles. The number of carbonyl (C=O) groups is 2. The molecule has 3 heterocycles. The summed E-state index contributed by atoms with van der Waals surface area (Å²) in [7, 11) is 1.51. The third-order valence-corrected chi connectivity index (χ3v) is 5.55. The van der Waals surface area contributed by atoms with E-state index in [1.54, 1.807) is 41.1 Å². The van der Waals surface area contributed by atoms with Crippen molar-refractivity contribution in [2.75, 3.05) is 18.5 Å². The molecule has 0 aliphatic carbocycles. The summed E-state index contributed by atoms with van der Waals surface area (Å²) in [4.78, 5) is 25.1. The van der Waals surface area contributed by atoms with Crippen LogP contribution >= 0.6 is 0 Å². The summed E-state index contributed by atoms with van der Waals surface area (Å²) in [6, 6.07) is 11.6. The van der Waals surface area contributed by atoms with Crippen LogP contribution in [0.1, 0.15) is 49.5 Å². The second kappa shape index (κ2) is 11.2. The quantitative estimate of drug-likeness (QED) is 0.336. The summed E-state index contributed by atoms with van der Waals surface area (Å²) >= 11 is 0. The van der Waals surface area contributed by atoms with E-state index in [4.69, 9.17) is 18.9 Å². The Morgan fingerprint density at radius 2 is 1.92 bits per heavy atom. The highest BCUT2D eigenvalue weighted by atomic mass is 19.3. The molecule has 1 amide bonds. The first kappa shape index (κ1) is 27.0. The number of hydrogen-bond donors (Lipinski definition) is 1. The number of nitrogens with zero attached hydrogens (tertiary/aromatic N) is 4. The first-order valence-electron chi connectivity index (χ1n) is 11.9. The Kier molecular flexibility index (Phi) is 7.95. The lowest BCUT2D eigenvalue weighted by Gasteiger charge is -2.22. The summed E-state index contributed by atoms with van der Waals surface area (Å²) in [6.07, 6.45) is -4.15. The highest BCUT2D eigenvalue weighted by molar-refractivity contribution is 6.02. The van der Waals surface area contributed by atoms with Crippen LogP contribution in [0.4, 0.5) is 19.4 Å². The van der Waals surface area contributed by atoms with Crippen molar-refractivity contribution >= 4 is 17.9 Å². The molecule has 0 saturated carbocycles. The molecular weight excluding hydrogens is 504 g/mol. The molecule has 0 spiro atoms. The molecule has 13 heteroatoms. The zero-order valence-electron chi connectivity index (χ0n) is 21.4. The summed E-state index contributed by atoms with van der Waals surface area (Å²) < 4.78 is 49.1.